The molecule has 0 aliphatic heterocycles. The summed E-state index contributed by atoms with van der Waals surface area (Å²) in [6.45, 7) is 0. The van der Waals surface area contributed by atoms with Gasteiger partial charge in [-0.25, -0.2) is 0 Å². The van der Waals surface area contributed by atoms with Crippen LogP contribution in [0.2, 0.25) is 0 Å². The molecule has 0 N–H and O–H groups in total. The van der Waals surface area contributed by atoms with E-state index in [4.69, 9.17) is 0 Å². The van der Waals surface area contributed by atoms with Crippen LogP contribution in [0.15, 0.2) is 29.8 Å². The molecule has 3 heteroatoms. The van der Waals surface area contributed by atoms with Crippen LogP contribution in [0.3, 0.4) is 0 Å². The van der Waals surface area contributed by atoms with Crippen LogP contribution in [-0.4, -0.2) is 30.7 Å². The van der Waals surface area contributed by atoms with Gasteiger partial charge < -0.3 is 4.90 Å². The van der Waals surface area contributed by atoms with E-state index in [0.717, 1.165) is 11.1 Å². The molecule has 82 valence electrons. The third-order valence-electron chi connectivity index (χ3n) is 2.64. The number of rotatable bonds is 1. The van der Waals surface area contributed by atoms with Crippen molar-refractivity contribution < 1.29 is 9.59 Å². The number of benzene rings is 1. The topological polar surface area (TPSA) is 37.4 Å². The summed E-state index contributed by atoms with van der Waals surface area (Å²) in [7, 11) is 3.30. The van der Waals surface area contributed by atoms with Gasteiger partial charge in [-0.3, -0.25) is 9.59 Å². The third kappa shape index (κ3) is 1.76. The molecule has 0 atom stereocenters. The van der Waals surface area contributed by atoms with E-state index in [1.807, 2.05) is 24.3 Å². The number of carbonyl (C=O) groups is 2. The Morgan fingerprint density at radius 1 is 1.25 bits per heavy atom. The van der Waals surface area contributed by atoms with E-state index in [-0.39, 0.29) is 17.3 Å². The number of Topliss-reactive ketones (excluding diaryl/α,β-unsaturated/α-hetero) is 1. The molecular weight excluding hydrogens is 202 g/mol. The van der Waals surface area contributed by atoms with Gasteiger partial charge in [0.1, 0.15) is 0 Å². The summed E-state index contributed by atoms with van der Waals surface area (Å²) >= 11 is 0. The molecule has 0 fully saturated rings. The first-order chi connectivity index (χ1) is 7.59. The first kappa shape index (κ1) is 10.6. The second kappa shape index (κ2) is 3.93. The van der Waals surface area contributed by atoms with Crippen molar-refractivity contribution in [3.05, 3.63) is 41.0 Å². The van der Waals surface area contributed by atoms with Crippen molar-refractivity contribution in [2.24, 2.45) is 0 Å². The molecular formula is C13H13NO2. The lowest BCUT2D eigenvalue weighted by atomic mass is 9.91. The third-order valence-corrected chi connectivity index (χ3v) is 2.64. The van der Waals surface area contributed by atoms with Crippen LogP contribution in [0.4, 0.5) is 0 Å². The summed E-state index contributed by atoms with van der Waals surface area (Å²) in [5, 5.41) is 0. The molecule has 1 aromatic rings. The molecule has 0 aromatic heterocycles. The van der Waals surface area contributed by atoms with Gasteiger partial charge in [0.2, 0.25) is 0 Å². The number of hydrogen-bond donors (Lipinski definition) is 0. The largest absolute Gasteiger partial charge is 0.345 e. The normalized spacial score (nSPS) is 14.1. The average molecular weight is 215 g/mol. The van der Waals surface area contributed by atoms with Gasteiger partial charge in [-0.15, -0.1) is 0 Å². The summed E-state index contributed by atoms with van der Waals surface area (Å²) in [4.78, 5) is 25.0. The van der Waals surface area contributed by atoms with E-state index in [2.05, 4.69) is 0 Å². The zero-order valence-corrected chi connectivity index (χ0v) is 9.36. The molecule has 0 spiro atoms. The highest BCUT2D eigenvalue weighted by atomic mass is 16.2. The summed E-state index contributed by atoms with van der Waals surface area (Å²) in [5.41, 5.74) is 2.24. The first-order valence-corrected chi connectivity index (χ1v) is 5.14. The molecule has 0 bridgehead atoms. The molecule has 0 heterocycles. The van der Waals surface area contributed by atoms with Gasteiger partial charge in [0.25, 0.3) is 5.91 Å². The smallest absolute Gasteiger partial charge is 0.256 e. The Labute approximate surface area is 94.4 Å². The fourth-order valence-corrected chi connectivity index (χ4v) is 1.76. The van der Waals surface area contributed by atoms with Crippen LogP contribution in [0.1, 0.15) is 11.1 Å². The SMILES string of the molecule is CN(C)C(=O)C1=Cc2ccccc2CC1=O. The Morgan fingerprint density at radius 2 is 1.94 bits per heavy atom. The van der Waals surface area contributed by atoms with Crippen molar-refractivity contribution >= 4 is 17.8 Å². The molecule has 0 unspecified atom stereocenters. The lowest BCUT2D eigenvalue weighted by Gasteiger charge is -2.17. The summed E-state index contributed by atoms with van der Waals surface area (Å²) in [5.74, 6) is -0.322. The Balaban J connectivity index is 2.45. The lowest BCUT2D eigenvalue weighted by molar-refractivity contribution is -0.127. The molecule has 0 saturated heterocycles. The zero-order valence-electron chi connectivity index (χ0n) is 9.36. The molecule has 2 rings (SSSR count). The van der Waals surface area contributed by atoms with Crippen LogP contribution in [0.5, 0.6) is 0 Å². The van der Waals surface area contributed by atoms with Gasteiger partial charge in [0.05, 0.1) is 5.57 Å². The fourth-order valence-electron chi connectivity index (χ4n) is 1.76. The van der Waals surface area contributed by atoms with Crippen molar-refractivity contribution in [3.63, 3.8) is 0 Å². The number of carbonyl (C=O) groups excluding carboxylic acids is 2. The molecule has 1 amide bonds. The van der Waals surface area contributed by atoms with Gasteiger partial charge >= 0.3 is 0 Å². The Bertz CT molecular complexity index is 486. The Hall–Kier alpha value is -1.90. The minimum atomic E-state index is -0.223. The van der Waals surface area contributed by atoms with Crippen molar-refractivity contribution in [3.8, 4) is 0 Å². The minimum Gasteiger partial charge on any atom is -0.345 e. The first-order valence-electron chi connectivity index (χ1n) is 5.14. The monoisotopic (exact) mass is 215 g/mol. The number of fused-ring (bicyclic) bond motifs is 1. The highest BCUT2D eigenvalue weighted by Gasteiger charge is 2.24. The minimum absolute atomic E-state index is 0.0996. The van der Waals surface area contributed by atoms with Crippen LogP contribution in [0.25, 0.3) is 6.08 Å². The molecule has 1 aliphatic rings. The maximum Gasteiger partial charge on any atom is 0.256 e. The standard InChI is InChI=1S/C13H13NO2/c1-14(2)13(16)11-7-9-5-3-4-6-10(9)8-12(11)15/h3-7H,8H2,1-2H3. The van der Waals surface area contributed by atoms with Gasteiger partial charge in [0, 0.05) is 20.5 Å². The number of ketones is 1. The molecule has 0 radical (unpaired) electrons. The van der Waals surface area contributed by atoms with E-state index in [0.29, 0.717) is 6.42 Å². The van der Waals surface area contributed by atoms with Crippen LogP contribution in [-0.2, 0) is 16.0 Å². The second-order valence-corrected chi connectivity index (χ2v) is 4.06. The second-order valence-electron chi connectivity index (χ2n) is 4.06. The number of nitrogens with zero attached hydrogens (tertiary/aromatic N) is 1. The Kier molecular flexibility index (Phi) is 2.60. The predicted molar refractivity (Wildman–Crippen MR) is 61.8 cm³/mol. The predicted octanol–water partition coefficient (Wildman–Crippen LogP) is 1.28. The summed E-state index contributed by atoms with van der Waals surface area (Å²) < 4.78 is 0. The molecule has 3 nitrogen and oxygen atoms in total. The quantitative estimate of drug-likeness (QED) is 0.662. The van der Waals surface area contributed by atoms with Crippen molar-refractivity contribution in [1.29, 1.82) is 0 Å². The van der Waals surface area contributed by atoms with E-state index in [1.165, 1.54) is 4.90 Å². The Morgan fingerprint density at radius 3 is 2.62 bits per heavy atom. The van der Waals surface area contributed by atoms with Crippen molar-refractivity contribution in [1.82, 2.24) is 4.90 Å². The lowest BCUT2D eigenvalue weighted by Crippen LogP contribution is -2.29. The van der Waals surface area contributed by atoms with Crippen molar-refractivity contribution in [2.45, 2.75) is 6.42 Å². The molecule has 1 aliphatic carbocycles. The number of hydrogen-bond acceptors (Lipinski definition) is 2. The maximum atomic E-state index is 11.8. The average Bonchev–Trinajstić information content (AvgIpc) is 2.27. The van der Waals surface area contributed by atoms with Gasteiger partial charge in [0.15, 0.2) is 5.78 Å². The zero-order chi connectivity index (χ0) is 11.7. The summed E-state index contributed by atoms with van der Waals surface area (Å²) in [6.07, 6.45) is 2.01. The van der Waals surface area contributed by atoms with Gasteiger partial charge in [-0.05, 0) is 17.2 Å². The highest BCUT2D eigenvalue weighted by molar-refractivity contribution is 6.24. The van der Waals surface area contributed by atoms with E-state index in [1.54, 1.807) is 20.2 Å². The van der Waals surface area contributed by atoms with E-state index < -0.39 is 0 Å². The van der Waals surface area contributed by atoms with Crippen LogP contribution in [0, 0.1) is 0 Å². The molecule has 16 heavy (non-hydrogen) atoms. The fraction of sp³-hybridized carbons (Fsp3) is 0.231. The molecule has 0 saturated carbocycles. The number of amides is 1. The van der Waals surface area contributed by atoms with Gasteiger partial charge in [-0.2, -0.15) is 0 Å². The maximum absolute atomic E-state index is 11.8. The van der Waals surface area contributed by atoms with Crippen LogP contribution >= 0.6 is 0 Å². The van der Waals surface area contributed by atoms with E-state index in [9.17, 15) is 9.59 Å². The van der Waals surface area contributed by atoms with Gasteiger partial charge in [-0.1, -0.05) is 24.3 Å². The van der Waals surface area contributed by atoms with E-state index >= 15 is 0 Å². The number of likely N-dealkylation sites (N-methyl/N-ethyl adjacent to an activating group) is 1. The molecule has 1 aromatic carbocycles. The van der Waals surface area contributed by atoms with Crippen LogP contribution < -0.4 is 0 Å². The van der Waals surface area contributed by atoms with Crippen molar-refractivity contribution in [2.75, 3.05) is 14.1 Å². The summed E-state index contributed by atoms with van der Waals surface area (Å²) in [6, 6.07) is 7.65. The highest BCUT2D eigenvalue weighted by Crippen LogP contribution is 2.22.